The summed E-state index contributed by atoms with van der Waals surface area (Å²) in [5.74, 6) is -0.815. The van der Waals surface area contributed by atoms with E-state index in [9.17, 15) is 9.59 Å². The standard InChI is InChI=1S/C15H13ClN2O2/c16-11-5-3-4-10(8-11)9-14(19)18-13-7-2-1-6-12(13)15(17)20/h1-8H,9H2,(H2,17,20)(H,18,19). The van der Waals surface area contributed by atoms with Crippen LogP contribution >= 0.6 is 11.6 Å². The van der Waals surface area contributed by atoms with E-state index < -0.39 is 5.91 Å². The fraction of sp³-hybridized carbons (Fsp3) is 0.0667. The molecule has 0 spiro atoms. The second-order valence-electron chi connectivity index (χ2n) is 4.26. The first-order valence-corrected chi connectivity index (χ1v) is 6.37. The topological polar surface area (TPSA) is 72.2 Å². The molecular formula is C15H13ClN2O2. The summed E-state index contributed by atoms with van der Waals surface area (Å²) >= 11 is 5.86. The first kappa shape index (κ1) is 14.1. The number of carbonyl (C=O) groups excluding carboxylic acids is 2. The third-order valence-electron chi connectivity index (χ3n) is 2.72. The van der Waals surface area contributed by atoms with Gasteiger partial charge in [0.1, 0.15) is 0 Å². The van der Waals surface area contributed by atoms with Gasteiger partial charge in [-0.05, 0) is 29.8 Å². The number of nitrogens with two attached hydrogens (primary N) is 1. The van der Waals surface area contributed by atoms with Gasteiger partial charge in [0.25, 0.3) is 5.91 Å². The summed E-state index contributed by atoms with van der Waals surface area (Å²) in [7, 11) is 0. The molecule has 0 aromatic heterocycles. The highest BCUT2D eigenvalue weighted by atomic mass is 35.5. The Morgan fingerprint density at radius 2 is 1.85 bits per heavy atom. The Morgan fingerprint density at radius 1 is 1.10 bits per heavy atom. The fourth-order valence-corrected chi connectivity index (χ4v) is 2.05. The second kappa shape index (κ2) is 6.21. The molecule has 0 saturated heterocycles. The van der Waals surface area contributed by atoms with Crippen LogP contribution in [-0.4, -0.2) is 11.8 Å². The number of nitrogens with one attached hydrogen (secondary N) is 1. The van der Waals surface area contributed by atoms with Gasteiger partial charge in [-0.2, -0.15) is 0 Å². The van der Waals surface area contributed by atoms with Crippen molar-refractivity contribution in [3.63, 3.8) is 0 Å². The van der Waals surface area contributed by atoms with Crippen molar-refractivity contribution in [1.29, 1.82) is 0 Å². The Labute approximate surface area is 121 Å². The predicted molar refractivity (Wildman–Crippen MR) is 78.7 cm³/mol. The molecule has 2 rings (SSSR count). The minimum Gasteiger partial charge on any atom is -0.366 e. The lowest BCUT2D eigenvalue weighted by atomic mass is 10.1. The Balaban J connectivity index is 2.11. The lowest BCUT2D eigenvalue weighted by Gasteiger charge is -2.08. The smallest absolute Gasteiger partial charge is 0.250 e. The van der Waals surface area contributed by atoms with Gasteiger partial charge in [-0.25, -0.2) is 0 Å². The Hall–Kier alpha value is -2.33. The largest absolute Gasteiger partial charge is 0.366 e. The van der Waals surface area contributed by atoms with E-state index in [1.165, 1.54) is 0 Å². The zero-order chi connectivity index (χ0) is 14.5. The van der Waals surface area contributed by atoms with Crippen LogP contribution in [0.25, 0.3) is 0 Å². The molecule has 0 heterocycles. The van der Waals surface area contributed by atoms with Crippen molar-refractivity contribution in [2.75, 3.05) is 5.32 Å². The SMILES string of the molecule is NC(=O)c1ccccc1NC(=O)Cc1cccc(Cl)c1. The lowest BCUT2D eigenvalue weighted by molar-refractivity contribution is -0.115. The van der Waals surface area contributed by atoms with Crippen molar-refractivity contribution in [1.82, 2.24) is 0 Å². The molecule has 0 radical (unpaired) electrons. The van der Waals surface area contributed by atoms with Gasteiger partial charge >= 0.3 is 0 Å². The van der Waals surface area contributed by atoms with Gasteiger partial charge in [0.15, 0.2) is 0 Å². The summed E-state index contributed by atoms with van der Waals surface area (Å²) in [6.07, 6.45) is 0.174. The van der Waals surface area contributed by atoms with Crippen LogP contribution in [-0.2, 0) is 11.2 Å². The van der Waals surface area contributed by atoms with Crippen molar-refractivity contribution >= 4 is 29.1 Å². The van der Waals surface area contributed by atoms with E-state index in [-0.39, 0.29) is 17.9 Å². The molecule has 0 aliphatic carbocycles. The molecule has 5 heteroatoms. The molecule has 4 nitrogen and oxygen atoms in total. The fourth-order valence-electron chi connectivity index (χ4n) is 1.83. The number of benzene rings is 2. The summed E-state index contributed by atoms with van der Waals surface area (Å²) in [6, 6.07) is 13.7. The molecule has 2 amide bonds. The van der Waals surface area contributed by atoms with Gasteiger partial charge < -0.3 is 11.1 Å². The first-order valence-electron chi connectivity index (χ1n) is 5.99. The van der Waals surface area contributed by atoms with Crippen LogP contribution in [0.5, 0.6) is 0 Å². The number of carbonyl (C=O) groups is 2. The van der Waals surface area contributed by atoms with Crippen LogP contribution in [0.2, 0.25) is 5.02 Å². The Morgan fingerprint density at radius 3 is 2.55 bits per heavy atom. The Kier molecular flexibility index (Phi) is 4.38. The number of halogens is 1. The minimum atomic E-state index is -0.580. The monoisotopic (exact) mass is 288 g/mol. The normalized spacial score (nSPS) is 10.1. The van der Waals surface area contributed by atoms with E-state index in [2.05, 4.69) is 5.32 Å². The molecule has 2 aromatic rings. The van der Waals surface area contributed by atoms with Crippen molar-refractivity contribution < 1.29 is 9.59 Å². The van der Waals surface area contributed by atoms with Crippen molar-refractivity contribution in [2.45, 2.75) is 6.42 Å². The number of para-hydroxylation sites is 1. The average molecular weight is 289 g/mol. The number of anilines is 1. The van der Waals surface area contributed by atoms with E-state index in [1.54, 1.807) is 42.5 Å². The number of hydrogen-bond acceptors (Lipinski definition) is 2. The molecule has 2 aromatic carbocycles. The zero-order valence-electron chi connectivity index (χ0n) is 10.6. The zero-order valence-corrected chi connectivity index (χ0v) is 11.4. The van der Waals surface area contributed by atoms with Crippen LogP contribution in [0.15, 0.2) is 48.5 Å². The summed E-state index contributed by atoms with van der Waals surface area (Å²) < 4.78 is 0. The van der Waals surface area contributed by atoms with E-state index in [4.69, 9.17) is 17.3 Å². The predicted octanol–water partition coefficient (Wildman–Crippen LogP) is 2.62. The highest BCUT2D eigenvalue weighted by molar-refractivity contribution is 6.30. The highest BCUT2D eigenvalue weighted by Gasteiger charge is 2.10. The first-order chi connectivity index (χ1) is 9.56. The van der Waals surface area contributed by atoms with Crippen LogP contribution < -0.4 is 11.1 Å². The molecule has 0 unspecified atom stereocenters. The molecule has 3 N–H and O–H groups in total. The summed E-state index contributed by atoms with van der Waals surface area (Å²) in [6.45, 7) is 0. The van der Waals surface area contributed by atoms with Gasteiger partial charge in [-0.1, -0.05) is 35.9 Å². The van der Waals surface area contributed by atoms with Crippen molar-refractivity contribution in [3.05, 3.63) is 64.7 Å². The quantitative estimate of drug-likeness (QED) is 0.908. The minimum absolute atomic E-state index is 0.174. The molecule has 0 aliphatic rings. The maximum atomic E-state index is 12.0. The van der Waals surface area contributed by atoms with Crippen LogP contribution in [0, 0.1) is 0 Å². The highest BCUT2D eigenvalue weighted by Crippen LogP contribution is 2.16. The van der Waals surface area contributed by atoms with Gasteiger partial charge in [-0.15, -0.1) is 0 Å². The molecule has 0 atom stereocenters. The maximum Gasteiger partial charge on any atom is 0.250 e. The summed E-state index contributed by atoms with van der Waals surface area (Å²) in [5, 5.41) is 3.25. The van der Waals surface area contributed by atoms with Gasteiger partial charge in [0.2, 0.25) is 5.91 Å². The van der Waals surface area contributed by atoms with Gasteiger partial charge in [0.05, 0.1) is 17.7 Å². The molecule has 0 fully saturated rings. The van der Waals surface area contributed by atoms with Gasteiger partial charge in [-0.3, -0.25) is 9.59 Å². The third-order valence-corrected chi connectivity index (χ3v) is 2.96. The number of rotatable bonds is 4. The summed E-state index contributed by atoms with van der Waals surface area (Å²) in [5.41, 5.74) is 6.75. The number of amides is 2. The van der Waals surface area contributed by atoms with Gasteiger partial charge in [0, 0.05) is 5.02 Å². The molecule has 0 aliphatic heterocycles. The van der Waals surface area contributed by atoms with E-state index >= 15 is 0 Å². The molecular weight excluding hydrogens is 276 g/mol. The molecule has 102 valence electrons. The number of hydrogen-bond donors (Lipinski definition) is 2. The third kappa shape index (κ3) is 3.59. The van der Waals surface area contributed by atoms with Crippen molar-refractivity contribution in [3.8, 4) is 0 Å². The molecule has 0 bridgehead atoms. The Bertz CT molecular complexity index is 656. The van der Waals surface area contributed by atoms with Crippen LogP contribution in [0.3, 0.4) is 0 Å². The summed E-state index contributed by atoms with van der Waals surface area (Å²) in [4.78, 5) is 23.2. The molecule has 20 heavy (non-hydrogen) atoms. The van der Waals surface area contributed by atoms with Crippen LogP contribution in [0.4, 0.5) is 5.69 Å². The average Bonchev–Trinajstić information content (AvgIpc) is 2.38. The van der Waals surface area contributed by atoms with Crippen LogP contribution in [0.1, 0.15) is 15.9 Å². The number of primary amides is 1. The second-order valence-corrected chi connectivity index (χ2v) is 4.70. The lowest BCUT2D eigenvalue weighted by Crippen LogP contribution is -2.19. The van der Waals surface area contributed by atoms with E-state index in [1.807, 2.05) is 6.07 Å². The van der Waals surface area contributed by atoms with E-state index in [0.717, 1.165) is 5.56 Å². The maximum absolute atomic E-state index is 12.0. The van der Waals surface area contributed by atoms with Crippen molar-refractivity contribution in [2.24, 2.45) is 5.73 Å². The van der Waals surface area contributed by atoms with E-state index in [0.29, 0.717) is 10.7 Å². The molecule has 0 saturated carbocycles.